The molecule has 1 aromatic carbocycles. The zero-order chi connectivity index (χ0) is 15.1. The first-order chi connectivity index (χ1) is 10.2. The van der Waals surface area contributed by atoms with Gasteiger partial charge in [0.2, 0.25) is 0 Å². The molecule has 1 aliphatic rings. The minimum atomic E-state index is 0.834. The Morgan fingerprint density at radius 2 is 1.90 bits per heavy atom. The third-order valence-corrected chi connectivity index (χ3v) is 6.26. The lowest BCUT2D eigenvalue weighted by Crippen LogP contribution is -2.35. The van der Waals surface area contributed by atoms with Crippen LogP contribution >= 0.6 is 31.9 Å². The molecule has 2 nitrogen and oxygen atoms in total. The molecule has 118 valence electrons. The summed E-state index contributed by atoms with van der Waals surface area (Å²) < 4.78 is 2.24. The normalized spacial score (nSPS) is 16.6. The van der Waals surface area contributed by atoms with Crippen molar-refractivity contribution in [3.05, 3.63) is 32.7 Å². The summed E-state index contributed by atoms with van der Waals surface area (Å²) in [5.74, 6) is 0. The third kappa shape index (κ3) is 6.01. The van der Waals surface area contributed by atoms with Crippen LogP contribution in [0, 0.1) is 0 Å². The van der Waals surface area contributed by atoms with E-state index in [1.807, 2.05) is 0 Å². The van der Waals surface area contributed by atoms with E-state index >= 15 is 0 Å². The number of halogens is 2. The molecule has 0 bridgehead atoms. The van der Waals surface area contributed by atoms with E-state index in [1.54, 1.807) is 0 Å². The highest BCUT2D eigenvalue weighted by molar-refractivity contribution is 9.13. The molecular weight excluding hydrogens is 392 g/mol. The summed E-state index contributed by atoms with van der Waals surface area (Å²) >= 11 is 7.05. The van der Waals surface area contributed by atoms with Crippen LogP contribution < -0.4 is 5.32 Å². The molecule has 1 aliphatic carbocycles. The molecule has 1 fully saturated rings. The Bertz CT molecular complexity index is 431. The van der Waals surface area contributed by atoms with Gasteiger partial charge in [0.25, 0.3) is 0 Å². The molecule has 1 saturated carbocycles. The van der Waals surface area contributed by atoms with E-state index in [9.17, 15) is 0 Å². The molecule has 0 spiro atoms. The second-order valence-electron chi connectivity index (χ2n) is 6.05. The van der Waals surface area contributed by atoms with E-state index in [1.165, 1.54) is 50.6 Å². The van der Waals surface area contributed by atoms with Crippen molar-refractivity contribution in [2.75, 3.05) is 20.1 Å². The SMILES string of the molecule is CN(CCCNCc1ccc(Br)c(Br)c1)C1CCCCC1. The van der Waals surface area contributed by atoms with Gasteiger partial charge in [0.15, 0.2) is 0 Å². The van der Waals surface area contributed by atoms with Gasteiger partial charge >= 0.3 is 0 Å². The molecule has 0 atom stereocenters. The van der Waals surface area contributed by atoms with E-state index in [2.05, 4.69) is 67.3 Å². The predicted molar refractivity (Wildman–Crippen MR) is 97.7 cm³/mol. The summed E-state index contributed by atoms with van der Waals surface area (Å²) in [6.45, 7) is 3.24. The highest BCUT2D eigenvalue weighted by atomic mass is 79.9. The van der Waals surface area contributed by atoms with Gasteiger partial charge in [-0.3, -0.25) is 0 Å². The monoisotopic (exact) mass is 416 g/mol. The predicted octanol–water partition coefficient (Wildman–Crippen LogP) is 4.96. The number of rotatable bonds is 7. The van der Waals surface area contributed by atoms with Gasteiger partial charge in [-0.05, 0) is 89.0 Å². The Hall–Kier alpha value is 0.1000. The first-order valence-corrected chi connectivity index (χ1v) is 9.60. The maximum absolute atomic E-state index is 3.55. The fourth-order valence-corrected chi connectivity index (χ4v) is 3.71. The molecule has 0 aromatic heterocycles. The standard InChI is InChI=1S/C17H26Br2N2/c1-21(15-6-3-2-4-7-15)11-5-10-20-13-14-8-9-16(18)17(19)12-14/h8-9,12,15,20H,2-7,10-11,13H2,1H3. The van der Waals surface area contributed by atoms with E-state index in [-0.39, 0.29) is 0 Å². The van der Waals surface area contributed by atoms with E-state index in [0.29, 0.717) is 0 Å². The van der Waals surface area contributed by atoms with Crippen molar-refractivity contribution in [2.24, 2.45) is 0 Å². The Balaban J connectivity index is 1.60. The summed E-state index contributed by atoms with van der Waals surface area (Å²) in [5.41, 5.74) is 1.32. The molecule has 0 unspecified atom stereocenters. The van der Waals surface area contributed by atoms with Crippen LogP contribution in [0.4, 0.5) is 0 Å². The van der Waals surface area contributed by atoms with Gasteiger partial charge in [-0.2, -0.15) is 0 Å². The van der Waals surface area contributed by atoms with E-state index in [4.69, 9.17) is 0 Å². The van der Waals surface area contributed by atoms with Crippen LogP contribution in [0.25, 0.3) is 0 Å². The highest BCUT2D eigenvalue weighted by Gasteiger charge is 2.16. The Morgan fingerprint density at radius 1 is 1.14 bits per heavy atom. The summed E-state index contributed by atoms with van der Waals surface area (Å²) in [6, 6.07) is 7.26. The maximum atomic E-state index is 3.55. The average Bonchev–Trinajstić information content (AvgIpc) is 2.51. The first-order valence-electron chi connectivity index (χ1n) is 8.01. The summed E-state index contributed by atoms with van der Waals surface area (Å²) in [5, 5.41) is 3.54. The van der Waals surface area contributed by atoms with Crippen LogP contribution in [0.2, 0.25) is 0 Å². The number of benzene rings is 1. The van der Waals surface area contributed by atoms with Crippen molar-refractivity contribution in [2.45, 2.75) is 51.1 Å². The minimum absolute atomic E-state index is 0.834. The molecule has 1 N–H and O–H groups in total. The fourth-order valence-electron chi connectivity index (χ4n) is 3.04. The lowest BCUT2D eigenvalue weighted by molar-refractivity contribution is 0.189. The quantitative estimate of drug-likeness (QED) is 0.631. The first kappa shape index (κ1) is 17.5. The third-order valence-electron chi connectivity index (χ3n) is 4.38. The highest BCUT2D eigenvalue weighted by Crippen LogP contribution is 2.24. The van der Waals surface area contributed by atoms with Gasteiger partial charge in [-0.1, -0.05) is 25.3 Å². The topological polar surface area (TPSA) is 15.3 Å². The van der Waals surface area contributed by atoms with Crippen LogP contribution in [0.5, 0.6) is 0 Å². The van der Waals surface area contributed by atoms with Crippen LogP contribution in [0.3, 0.4) is 0 Å². The number of nitrogens with one attached hydrogen (secondary N) is 1. The summed E-state index contributed by atoms with van der Waals surface area (Å²) in [7, 11) is 2.29. The van der Waals surface area contributed by atoms with Crippen molar-refractivity contribution in [3.63, 3.8) is 0 Å². The Morgan fingerprint density at radius 3 is 2.62 bits per heavy atom. The summed E-state index contributed by atoms with van der Waals surface area (Å²) in [6.07, 6.45) is 8.31. The van der Waals surface area contributed by atoms with Gasteiger partial charge in [-0.15, -0.1) is 0 Å². The van der Waals surface area contributed by atoms with Crippen molar-refractivity contribution in [1.82, 2.24) is 10.2 Å². The maximum Gasteiger partial charge on any atom is 0.0320 e. The Labute approximate surface area is 145 Å². The molecule has 0 aliphatic heterocycles. The number of hydrogen-bond acceptors (Lipinski definition) is 2. The van der Waals surface area contributed by atoms with Crippen molar-refractivity contribution < 1.29 is 0 Å². The van der Waals surface area contributed by atoms with E-state index in [0.717, 1.165) is 28.1 Å². The number of nitrogens with zero attached hydrogens (tertiary/aromatic N) is 1. The molecule has 0 saturated heterocycles. The molecule has 0 heterocycles. The molecule has 21 heavy (non-hydrogen) atoms. The van der Waals surface area contributed by atoms with Gasteiger partial charge in [0.1, 0.15) is 0 Å². The van der Waals surface area contributed by atoms with Gasteiger partial charge in [-0.25, -0.2) is 0 Å². The van der Waals surface area contributed by atoms with Gasteiger partial charge in [0.05, 0.1) is 0 Å². The molecule has 2 rings (SSSR count). The van der Waals surface area contributed by atoms with Crippen molar-refractivity contribution >= 4 is 31.9 Å². The lowest BCUT2D eigenvalue weighted by atomic mass is 9.94. The van der Waals surface area contributed by atoms with Gasteiger partial charge in [0, 0.05) is 21.5 Å². The second kappa shape index (κ2) is 9.29. The zero-order valence-electron chi connectivity index (χ0n) is 12.9. The number of hydrogen-bond donors (Lipinski definition) is 1. The fraction of sp³-hybridized carbons (Fsp3) is 0.647. The second-order valence-corrected chi connectivity index (χ2v) is 7.76. The molecule has 1 aromatic rings. The smallest absolute Gasteiger partial charge is 0.0320 e. The van der Waals surface area contributed by atoms with Crippen LogP contribution in [0.1, 0.15) is 44.1 Å². The molecule has 0 amide bonds. The largest absolute Gasteiger partial charge is 0.313 e. The molecule has 4 heteroatoms. The zero-order valence-corrected chi connectivity index (χ0v) is 16.0. The van der Waals surface area contributed by atoms with Gasteiger partial charge < -0.3 is 10.2 Å². The Kier molecular flexibility index (Phi) is 7.72. The van der Waals surface area contributed by atoms with Crippen LogP contribution in [-0.4, -0.2) is 31.1 Å². The lowest BCUT2D eigenvalue weighted by Gasteiger charge is -2.31. The summed E-state index contributed by atoms with van der Waals surface area (Å²) in [4.78, 5) is 2.57. The molecular formula is C17H26Br2N2. The van der Waals surface area contributed by atoms with E-state index < -0.39 is 0 Å². The average molecular weight is 418 g/mol. The minimum Gasteiger partial charge on any atom is -0.313 e. The van der Waals surface area contributed by atoms with Crippen LogP contribution in [-0.2, 0) is 6.54 Å². The molecule has 0 radical (unpaired) electrons. The van der Waals surface area contributed by atoms with Crippen molar-refractivity contribution in [1.29, 1.82) is 0 Å². The van der Waals surface area contributed by atoms with Crippen LogP contribution in [0.15, 0.2) is 27.1 Å². The van der Waals surface area contributed by atoms with Crippen molar-refractivity contribution in [3.8, 4) is 0 Å².